The molecule has 136 valence electrons. The summed E-state index contributed by atoms with van der Waals surface area (Å²) in [5, 5.41) is 4.17. The molecule has 1 aromatic carbocycles. The zero-order chi connectivity index (χ0) is 18.1. The Bertz CT molecular complexity index is 1010. The van der Waals surface area contributed by atoms with E-state index in [-0.39, 0.29) is 5.56 Å². The molecule has 1 aliphatic rings. The van der Waals surface area contributed by atoms with Gasteiger partial charge >= 0.3 is 0 Å². The monoisotopic (exact) mass is 369 g/mol. The molecule has 0 bridgehead atoms. The summed E-state index contributed by atoms with van der Waals surface area (Å²) in [7, 11) is 3.47. The van der Waals surface area contributed by atoms with Crippen molar-refractivity contribution in [3.63, 3.8) is 0 Å². The molecule has 3 aromatic rings. The number of aromatic nitrogens is 2. The molecule has 0 atom stereocenters. The quantitative estimate of drug-likeness (QED) is 0.747. The molecule has 4 rings (SSSR count). The lowest BCUT2D eigenvalue weighted by molar-refractivity contribution is 0.414. The number of anilines is 1. The molecule has 0 amide bonds. The van der Waals surface area contributed by atoms with Gasteiger partial charge < -0.3 is 10.1 Å². The Morgan fingerprint density at radius 1 is 1.31 bits per heavy atom. The van der Waals surface area contributed by atoms with Crippen molar-refractivity contribution in [2.24, 2.45) is 7.05 Å². The molecule has 0 spiro atoms. The van der Waals surface area contributed by atoms with E-state index in [4.69, 9.17) is 9.72 Å². The van der Waals surface area contributed by atoms with Crippen LogP contribution < -0.4 is 15.6 Å². The van der Waals surface area contributed by atoms with Crippen molar-refractivity contribution in [3.05, 3.63) is 50.6 Å². The maximum Gasteiger partial charge on any atom is 0.263 e. The largest absolute Gasteiger partial charge is 0.497 e. The highest BCUT2D eigenvalue weighted by molar-refractivity contribution is 7.18. The van der Waals surface area contributed by atoms with Crippen LogP contribution in [0.5, 0.6) is 5.75 Å². The van der Waals surface area contributed by atoms with Gasteiger partial charge in [-0.05, 0) is 55.4 Å². The number of hydrogen-bond acceptors (Lipinski definition) is 5. The third-order valence-electron chi connectivity index (χ3n) is 5.03. The molecule has 0 unspecified atom stereocenters. The Labute approximate surface area is 156 Å². The Morgan fingerprint density at radius 3 is 3.00 bits per heavy atom. The van der Waals surface area contributed by atoms with Crippen LogP contribution in [-0.4, -0.2) is 23.2 Å². The van der Waals surface area contributed by atoms with Crippen LogP contribution in [0.2, 0.25) is 0 Å². The predicted molar refractivity (Wildman–Crippen MR) is 107 cm³/mol. The number of nitrogens with zero attached hydrogens (tertiary/aromatic N) is 2. The third-order valence-corrected chi connectivity index (χ3v) is 6.21. The average molecular weight is 369 g/mol. The summed E-state index contributed by atoms with van der Waals surface area (Å²) >= 11 is 1.69. The van der Waals surface area contributed by atoms with Gasteiger partial charge in [0.05, 0.1) is 12.5 Å². The van der Waals surface area contributed by atoms with Gasteiger partial charge in [0.1, 0.15) is 10.6 Å². The lowest BCUT2D eigenvalue weighted by Crippen LogP contribution is -2.23. The van der Waals surface area contributed by atoms with Gasteiger partial charge in [-0.3, -0.25) is 9.36 Å². The zero-order valence-electron chi connectivity index (χ0n) is 15.2. The Morgan fingerprint density at radius 2 is 2.15 bits per heavy atom. The highest BCUT2D eigenvalue weighted by atomic mass is 32.1. The fourth-order valence-electron chi connectivity index (χ4n) is 3.59. The minimum atomic E-state index is 0.0679. The lowest BCUT2D eigenvalue weighted by atomic mass is 9.97. The van der Waals surface area contributed by atoms with E-state index in [9.17, 15) is 4.79 Å². The fourth-order valence-corrected chi connectivity index (χ4v) is 4.84. The van der Waals surface area contributed by atoms with Gasteiger partial charge in [0.15, 0.2) is 0 Å². The summed E-state index contributed by atoms with van der Waals surface area (Å²) in [6.07, 6.45) is 5.31. The molecule has 0 saturated carbocycles. The summed E-state index contributed by atoms with van der Waals surface area (Å²) in [4.78, 5) is 19.9. The molecule has 2 aromatic heterocycles. The van der Waals surface area contributed by atoms with Crippen LogP contribution in [0.1, 0.15) is 28.8 Å². The summed E-state index contributed by atoms with van der Waals surface area (Å²) < 4.78 is 6.91. The zero-order valence-corrected chi connectivity index (χ0v) is 16.0. The van der Waals surface area contributed by atoms with E-state index in [0.717, 1.165) is 35.2 Å². The highest BCUT2D eigenvalue weighted by Crippen LogP contribution is 2.34. The summed E-state index contributed by atoms with van der Waals surface area (Å²) in [5.41, 5.74) is 2.50. The number of nitrogens with one attached hydrogen (secondary N) is 1. The Kier molecular flexibility index (Phi) is 4.68. The average Bonchev–Trinajstić information content (AvgIpc) is 3.04. The number of rotatable bonds is 5. The van der Waals surface area contributed by atoms with Gasteiger partial charge in [0.2, 0.25) is 5.95 Å². The number of hydrogen-bond donors (Lipinski definition) is 1. The molecule has 2 heterocycles. The van der Waals surface area contributed by atoms with E-state index in [1.807, 2.05) is 18.2 Å². The minimum absolute atomic E-state index is 0.0679. The van der Waals surface area contributed by atoms with Crippen molar-refractivity contribution in [2.75, 3.05) is 19.0 Å². The SMILES string of the molecule is COc1cccc(CCNc2nc3sc4c(c3c(=O)n2C)CCCC4)c1. The van der Waals surface area contributed by atoms with Crippen LogP contribution in [-0.2, 0) is 26.3 Å². The van der Waals surface area contributed by atoms with Crippen LogP contribution in [0.4, 0.5) is 5.95 Å². The second kappa shape index (κ2) is 7.11. The third kappa shape index (κ3) is 3.09. The predicted octanol–water partition coefficient (Wildman–Crippen LogP) is 3.54. The van der Waals surface area contributed by atoms with Crippen molar-refractivity contribution in [2.45, 2.75) is 32.1 Å². The molecular weight excluding hydrogens is 346 g/mol. The first-order valence-electron chi connectivity index (χ1n) is 9.05. The summed E-state index contributed by atoms with van der Waals surface area (Å²) in [6, 6.07) is 8.04. The standard InChI is InChI=1S/C20H23N3O2S/c1-23-19(24)17-15-8-3-4-9-16(15)26-18(17)22-20(23)21-11-10-13-6-5-7-14(12-13)25-2/h5-7,12H,3-4,8-11H2,1-2H3,(H,21,22). The molecule has 1 N–H and O–H groups in total. The van der Waals surface area contributed by atoms with Gasteiger partial charge in [0, 0.05) is 18.5 Å². The summed E-state index contributed by atoms with van der Waals surface area (Å²) in [6.45, 7) is 0.712. The molecule has 0 fully saturated rings. The molecule has 5 nitrogen and oxygen atoms in total. The van der Waals surface area contributed by atoms with Crippen molar-refractivity contribution in [1.29, 1.82) is 0 Å². The lowest BCUT2D eigenvalue weighted by Gasteiger charge is -2.12. The van der Waals surface area contributed by atoms with Gasteiger partial charge in [-0.1, -0.05) is 12.1 Å². The first-order valence-corrected chi connectivity index (χ1v) is 9.87. The van der Waals surface area contributed by atoms with Crippen LogP contribution in [0.25, 0.3) is 10.2 Å². The van der Waals surface area contributed by atoms with Crippen molar-refractivity contribution in [3.8, 4) is 5.75 Å². The van der Waals surface area contributed by atoms with Crippen molar-refractivity contribution >= 4 is 27.5 Å². The van der Waals surface area contributed by atoms with Crippen LogP contribution in [0.3, 0.4) is 0 Å². The highest BCUT2D eigenvalue weighted by Gasteiger charge is 2.21. The molecule has 0 radical (unpaired) electrons. The first-order chi connectivity index (χ1) is 12.7. The van der Waals surface area contributed by atoms with E-state index < -0.39 is 0 Å². The number of aryl methyl sites for hydroxylation is 2. The van der Waals surface area contributed by atoms with E-state index >= 15 is 0 Å². The van der Waals surface area contributed by atoms with Gasteiger partial charge in [-0.2, -0.15) is 0 Å². The first kappa shape index (κ1) is 17.1. The second-order valence-electron chi connectivity index (χ2n) is 6.72. The van der Waals surface area contributed by atoms with Crippen LogP contribution in [0.15, 0.2) is 29.1 Å². The molecular formula is C20H23N3O2S. The molecule has 0 aliphatic heterocycles. The van der Waals surface area contributed by atoms with Gasteiger partial charge in [-0.15, -0.1) is 11.3 Å². The number of thiophene rings is 1. The van der Waals surface area contributed by atoms with Gasteiger partial charge in [0.25, 0.3) is 5.56 Å². The maximum atomic E-state index is 12.9. The smallest absolute Gasteiger partial charge is 0.263 e. The van der Waals surface area contributed by atoms with E-state index in [1.54, 1.807) is 30.1 Å². The van der Waals surface area contributed by atoms with E-state index in [1.165, 1.54) is 28.8 Å². The van der Waals surface area contributed by atoms with E-state index in [2.05, 4.69) is 11.4 Å². The van der Waals surface area contributed by atoms with E-state index in [0.29, 0.717) is 12.5 Å². The normalized spacial score (nSPS) is 13.6. The Balaban J connectivity index is 1.57. The minimum Gasteiger partial charge on any atom is -0.497 e. The van der Waals surface area contributed by atoms with Crippen molar-refractivity contribution < 1.29 is 4.74 Å². The topological polar surface area (TPSA) is 56.1 Å². The molecule has 0 saturated heterocycles. The summed E-state index contributed by atoms with van der Waals surface area (Å²) in [5.74, 6) is 1.50. The fraction of sp³-hybridized carbons (Fsp3) is 0.400. The molecule has 1 aliphatic carbocycles. The number of fused-ring (bicyclic) bond motifs is 3. The van der Waals surface area contributed by atoms with Crippen molar-refractivity contribution in [1.82, 2.24) is 9.55 Å². The molecule has 6 heteroatoms. The number of ether oxygens (including phenoxy) is 1. The van der Waals surface area contributed by atoms with Crippen LogP contribution >= 0.6 is 11.3 Å². The maximum absolute atomic E-state index is 12.9. The van der Waals surface area contributed by atoms with Gasteiger partial charge in [-0.25, -0.2) is 4.98 Å². The number of methoxy groups -OCH3 is 1. The Hall–Kier alpha value is -2.34. The van der Waals surface area contributed by atoms with Crippen LogP contribution in [0, 0.1) is 0 Å². The number of benzene rings is 1. The second-order valence-corrected chi connectivity index (χ2v) is 7.80. The molecule has 26 heavy (non-hydrogen) atoms.